The zero-order valence-electron chi connectivity index (χ0n) is 19.4. The fourth-order valence-corrected chi connectivity index (χ4v) is 4.45. The summed E-state index contributed by atoms with van der Waals surface area (Å²) >= 11 is 6.10. The van der Waals surface area contributed by atoms with Gasteiger partial charge in [0.15, 0.2) is 11.5 Å². The summed E-state index contributed by atoms with van der Waals surface area (Å²) in [6.45, 7) is 5.52. The summed E-state index contributed by atoms with van der Waals surface area (Å²) in [4.78, 5) is 15.4. The standard InChI is InChI=1S/C26H30ClN3O3/c1-4-6-7-14-30-25(18-10-13-20(33-15-5-2)21(16-18)32-3)22-23(28-29-24(22)26(30)31)17-8-11-19(27)12-9-17/h8-13,16,25H,4-7,14-15H2,1-3H3,(H,28,29). The number of unbranched alkanes of at least 4 members (excludes halogenated alkanes) is 2. The molecule has 2 aromatic carbocycles. The van der Waals surface area contributed by atoms with Crippen molar-refractivity contribution in [2.75, 3.05) is 20.3 Å². The zero-order chi connectivity index (χ0) is 23.4. The lowest BCUT2D eigenvalue weighted by atomic mass is 9.95. The molecule has 33 heavy (non-hydrogen) atoms. The lowest BCUT2D eigenvalue weighted by Crippen LogP contribution is -2.30. The molecule has 1 aliphatic heterocycles. The van der Waals surface area contributed by atoms with Gasteiger partial charge in [-0.25, -0.2) is 0 Å². The number of hydrogen-bond donors (Lipinski definition) is 1. The Hall–Kier alpha value is -2.99. The van der Waals surface area contributed by atoms with E-state index in [9.17, 15) is 4.79 Å². The molecule has 1 atom stereocenters. The molecule has 1 N–H and O–H groups in total. The molecule has 1 aromatic heterocycles. The van der Waals surface area contributed by atoms with Crippen LogP contribution in [0, 0.1) is 0 Å². The summed E-state index contributed by atoms with van der Waals surface area (Å²) in [5, 5.41) is 8.19. The van der Waals surface area contributed by atoms with Gasteiger partial charge in [0.25, 0.3) is 5.91 Å². The Labute approximate surface area is 199 Å². The molecular formula is C26H30ClN3O3. The maximum atomic E-state index is 13.4. The number of H-pyrrole nitrogens is 1. The minimum atomic E-state index is -0.261. The van der Waals surface area contributed by atoms with Gasteiger partial charge in [-0.05, 0) is 42.7 Å². The van der Waals surface area contributed by atoms with Crippen LogP contribution in [0.4, 0.5) is 0 Å². The summed E-state index contributed by atoms with van der Waals surface area (Å²) in [5.74, 6) is 1.34. The minimum Gasteiger partial charge on any atom is -0.493 e. The van der Waals surface area contributed by atoms with E-state index < -0.39 is 0 Å². The van der Waals surface area contributed by atoms with E-state index in [1.807, 2.05) is 47.4 Å². The Bertz CT molecular complexity index is 1110. The summed E-state index contributed by atoms with van der Waals surface area (Å²) in [6.07, 6.45) is 4.02. The van der Waals surface area contributed by atoms with Crippen LogP contribution in [-0.2, 0) is 0 Å². The van der Waals surface area contributed by atoms with Crippen LogP contribution in [0.5, 0.6) is 11.5 Å². The predicted octanol–water partition coefficient (Wildman–Crippen LogP) is 6.26. The highest BCUT2D eigenvalue weighted by Gasteiger charge is 2.42. The number of rotatable bonds is 10. The molecule has 2 heterocycles. The third-order valence-electron chi connectivity index (χ3n) is 5.95. The number of methoxy groups -OCH3 is 1. The van der Waals surface area contributed by atoms with E-state index in [1.54, 1.807) is 7.11 Å². The number of nitrogens with zero attached hydrogens (tertiary/aromatic N) is 2. The van der Waals surface area contributed by atoms with Crippen molar-refractivity contribution in [1.29, 1.82) is 0 Å². The molecule has 1 amide bonds. The Morgan fingerprint density at radius 2 is 1.85 bits per heavy atom. The summed E-state index contributed by atoms with van der Waals surface area (Å²) in [7, 11) is 1.64. The summed E-state index contributed by atoms with van der Waals surface area (Å²) < 4.78 is 11.5. The number of aromatic nitrogens is 2. The molecule has 1 unspecified atom stereocenters. The maximum absolute atomic E-state index is 13.4. The first-order chi connectivity index (χ1) is 16.1. The lowest BCUT2D eigenvalue weighted by Gasteiger charge is -2.27. The van der Waals surface area contributed by atoms with Crippen LogP contribution in [0.2, 0.25) is 5.02 Å². The van der Waals surface area contributed by atoms with Crippen molar-refractivity contribution >= 4 is 17.5 Å². The van der Waals surface area contributed by atoms with Crippen molar-refractivity contribution < 1.29 is 14.3 Å². The number of fused-ring (bicyclic) bond motifs is 1. The van der Waals surface area contributed by atoms with Crippen molar-refractivity contribution in [1.82, 2.24) is 15.1 Å². The number of aromatic amines is 1. The smallest absolute Gasteiger partial charge is 0.273 e. The van der Waals surface area contributed by atoms with E-state index in [-0.39, 0.29) is 11.9 Å². The number of hydrogen-bond acceptors (Lipinski definition) is 4. The second kappa shape index (κ2) is 10.3. The summed E-state index contributed by atoms with van der Waals surface area (Å²) in [5.41, 5.74) is 4.09. The molecule has 6 nitrogen and oxygen atoms in total. The molecule has 3 aromatic rings. The number of ether oxygens (including phenoxy) is 2. The van der Waals surface area contributed by atoms with Gasteiger partial charge in [0, 0.05) is 22.7 Å². The molecule has 0 bridgehead atoms. The molecule has 0 fully saturated rings. The fraction of sp³-hybridized carbons (Fsp3) is 0.385. The number of halogens is 1. The topological polar surface area (TPSA) is 67.5 Å². The van der Waals surface area contributed by atoms with Crippen molar-refractivity contribution in [2.24, 2.45) is 0 Å². The molecular weight excluding hydrogens is 438 g/mol. The Morgan fingerprint density at radius 1 is 1.06 bits per heavy atom. The van der Waals surface area contributed by atoms with Crippen LogP contribution in [-0.4, -0.2) is 41.3 Å². The van der Waals surface area contributed by atoms with Crippen LogP contribution >= 0.6 is 11.6 Å². The predicted molar refractivity (Wildman–Crippen MR) is 130 cm³/mol. The van der Waals surface area contributed by atoms with E-state index >= 15 is 0 Å². The number of carbonyl (C=O) groups excluding carboxylic acids is 1. The highest BCUT2D eigenvalue weighted by atomic mass is 35.5. The molecule has 0 saturated carbocycles. The van der Waals surface area contributed by atoms with Crippen molar-refractivity contribution in [3.8, 4) is 22.8 Å². The lowest BCUT2D eigenvalue weighted by molar-refractivity contribution is 0.0740. The second-order valence-electron chi connectivity index (χ2n) is 8.23. The number of nitrogens with one attached hydrogen (secondary N) is 1. The van der Waals surface area contributed by atoms with E-state index in [0.717, 1.165) is 48.1 Å². The van der Waals surface area contributed by atoms with Crippen LogP contribution in [0.1, 0.15) is 67.2 Å². The van der Waals surface area contributed by atoms with E-state index in [2.05, 4.69) is 24.0 Å². The molecule has 0 radical (unpaired) electrons. The normalized spacial score (nSPS) is 15.1. The third kappa shape index (κ3) is 4.58. The Morgan fingerprint density at radius 3 is 2.55 bits per heavy atom. The molecule has 174 valence electrons. The number of amides is 1. The first kappa shape index (κ1) is 23.2. The Kier molecular flexibility index (Phi) is 7.23. The van der Waals surface area contributed by atoms with Gasteiger partial charge in [-0.2, -0.15) is 5.10 Å². The van der Waals surface area contributed by atoms with E-state index in [4.69, 9.17) is 21.1 Å². The second-order valence-corrected chi connectivity index (χ2v) is 8.67. The van der Waals surface area contributed by atoms with Crippen LogP contribution in [0.3, 0.4) is 0 Å². The van der Waals surface area contributed by atoms with Gasteiger partial charge in [-0.1, -0.05) is 56.5 Å². The molecule has 7 heteroatoms. The highest BCUT2D eigenvalue weighted by Crippen LogP contribution is 2.44. The van der Waals surface area contributed by atoms with Gasteiger partial charge < -0.3 is 14.4 Å². The first-order valence-electron chi connectivity index (χ1n) is 11.5. The van der Waals surface area contributed by atoms with Gasteiger partial charge in [0.2, 0.25) is 0 Å². The maximum Gasteiger partial charge on any atom is 0.273 e. The van der Waals surface area contributed by atoms with Crippen LogP contribution in [0.25, 0.3) is 11.3 Å². The fourth-order valence-electron chi connectivity index (χ4n) is 4.32. The average molecular weight is 468 g/mol. The third-order valence-corrected chi connectivity index (χ3v) is 6.20. The van der Waals surface area contributed by atoms with Crippen molar-refractivity contribution in [3.05, 3.63) is 64.3 Å². The van der Waals surface area contributed by atoms with Gasteiger partial charge in [0.1, 0.15) is 5.69 Å². The number of carbonyl (C=O) groups is 1. The molecule has 0 aliphatic carbocycles. The average Bonchev–Trinajstić information content (AvgIpc) is 3.37. The van der Waals surface area contributed by atoms with Crippen molar-refractivity contribution in [2.45, 2.75) is 45.6 Å². The minimum absolute atomic E-state index is 0.0240. The van der Waals surface area contributed by atoms with Gasteiger partial charge in [-0.15, -0.1) is 0 Å². The van der Waals surface area contributed by atoms with E-state index in [0.29, 0.717) is 35.4 Å². The molecule has 0 saturated heterocycles. The largest absolute Gasteiger partial charge is 0.493 e. The van der Waals surface area contributed by atoms with Crippen molar-refractivity contribution in [3.63, 3.8) is 0 Å². The monoisotopic (exact) mass is 467 g/mol. The highest BCUT2D eigenvalue weighted by molar-refractivity contribution is 6.30. The number of benzene rings is 2. The SMILES string of the molecule is CCCCCN1C(=O)c2[nH]nc(-c3ccc(Cl)cc3)c2C1c1ccc(OCCC)c(OC)c1. The zero-order valence-corrected chi connectivity index (χ0v) is 20.1. The van der Waals surface area contributed by atoms with Gasteiger partial charge in [-0.3, -0.25) is 9.89 Å². The molecule has 1 aliphatic rings. The molecule has 0 spiro atoms. The van der Waals surface area contributed by atoms with E-state index in [1.165, 1.54) is 0 Å². The quantitative estimate of drug-likeness (QED) is 0.357. The van der Waals surface area contributed by atoms with Crippen LogP contribution in [0.15, 0.2) is 42.5 Å². The summed E-state index contributed by atoms with van der Waals surface area (Å²) in [6, 6.07) is 13.2. The first-order valence-corrected chi connectivity index (χ1v) is 11.9. The Balaban J connectivity index is 1.79. The van der Waals surface area contributed by atoms with Crippen LogP contribution < -0.4 is 9.47 Å². The van der Waals surface area contributed by atoms with Gasteiger partial charge >= 0.3 is 0 Å². The van der Waals surface area contributed by atoms with Gasteiger partial charge in [0.05, 0.1) is 25.5 Å². The molecule has 4 rings (SSSR count).